The predicted octanol–water partition coefficient (Wildman–Crippen LogP) is 4.85. The fourth-order valence-electron chi connectivity index (χ4n) is 5.00. The number of unbranched alkanes of at least 4 members (excludes halogenated alkanes) is 2. The lowest BCUT2D eigenvalue weighted by molar-refractivity contribution is 0.0999. The first kappa shape index (κ1) is 29.3. The normalized spacial score (nSPS) is 16.4. The monoisotopic (exact) mass is 548 g/mol. The first-order valence-corrected chi connectivity index (χ1v) is 15.2. The highest BCUT2D eigenvalue weighted by molar-refractivity contribution is 7.89. The van der Waals surface area contributed by atoms with Crippen LogP contribution >= 0.6 is 11.3 Å². The van der Waals surface area contributed by atoms with Crippen molar-refractivity contribution in [2.45, 2.75) is 89.6 Å². The number of hydrogen-bond donors (Lipinski definition) is 3. The van der Waals surface area contributed by atoms with Gasteiger partial charge in [-0.1, -0.05) is 26.7 Å². The molecule has 0 saturated heterocycles. The molecule has 37 heavy (non-hydrogen) atoms. The molecule has 0 radical (unpaired) electrons. The Bertz CT molecular complexity index is 1240. The van der Waals surface area contributed by atoms with Gasteiger partial charge < -0.3 is 16.4 Å². The van der Waals surface area contributed by atoms with E-state index in [1.807, 2.05) is 27.7 Å². The average molecular weight is 549 g/mol. The van der Waals surface area contributed by atoms with Gasteiger partial charge in [0, 0.05) is 34.6 Å². The molecule has 0 saturated carbocycles. The fourth-order valence-corrected chi connectivity index (χ4v) is 7.79. The number of rotatable bonds is 11. The Kier molecular flexibility index (Phi) is 8.89. The van der Waals surface area contributed by atoms with Crippen molar-refractivity contribution in [2.24, 2.45) is 5.73 Å². The van der Waals surface area contributed by atoms with Gasteiger partial charge in [0.05, 0.1) is 10.5 Å². The average Bonchev–Trinajstić information content (AvgIpc) is 3.16. The van der Waals surface area contributed by atoms with Crippen LogP contribution < -0.4 is 16.4 Å². The number of amides is 2. The van der Waals surface area contributed by atoms with Gasteiger partial charge in [0.15, 0.2) is 0 Å². The van der Waals surface area contributed by atoms with Gasteiger partial charge in [0.1, 0.15) is 5.00 Å². The highest BCUT2D eigenvalue weighted by Gasteiger charge is 2.41. The molecule has 0 fully saturated rings. The van der Waals surface area contributed by atoms with E-state index in [9.17, 15) is 18.0 Å². The van der Waals surface area contributed by atoms with Crippen molar-refractivity contribution in [3.63, 3.8) is 0 Å². The van der Waals surface area contributed by atoms with Crippen LogP contribution in [0.4, 0.5) is 5.00 Å². The molecule has 0 bridgehead atoms. The SMILES string of the molecule is CCCCN(CCCC)S(=O)(=O)c1ccc(C(=O)Nc2sc3c(c2C(N)=O)CC(C)(C)NC3(C)C)cc1. The number of thiophene rings is 1. The number of nitrogens with zero attached hydrogens (tertiary/aromatic N) is 1. The lowest BCUT2D eigenvalue weighted by Gasteiger charge is -2.42. The molecular weight excluding hydrogens is 508 g/mol. The number of nitrogens with one attached hydrogen (secondary N) is 2. The summed E-state index contributed by atoms with van der Waals surface area (Å²) in [6, 6.07) is 5.95. The van der Waals surface area contributed by atoms with Crippen molar-refractivity contribution in [1.29, 1.82) is 0 Å². The molecule has 2 heterocycles. The molecule has 10 heteroatoms. The molecule has 1 aromatic carbocycles. The molecule has 0 unspecified atom stereocenters. The Labute approximate surface area is 225 Å². The van der Waals surface area contributed by atoms with Crippen LogP contribution in [-0.2, 0) is 22.0 Å². The van der Waals surface area contributed by atoms with E-state index < -0.39 is 27.4 Å². The predicted molar refractivity (Wildman–Crippen MR) is 150 cm³/mol. The van der Waals surface area contributed by atoms with E-state index in [0.717, 1.165) is 36.1 Å². The molecule has 4 N–H and O–H groups in total. The first-order valence-electron chi connectivity index (χ1n) is 12.9. The molecule has 1 aromatic heterocycles. The van der Waals surface area contributed by atoms with E-state index in [1.165, 1.54) is 39.9 Å². The molecule has 2 aromatic rings. The Balaban J connectivity index is 1.87. The van der Waals surface area contributed by atoms with Gasteiger partial charge in [-0.05, 0) is 76.8 Å². The van der Waals surface area contributed by atoms with Gasteiger partial charge in [-0.25, -0.2) is 8.42 Å². The van der Waals surface area contributed by atoms with E-state index in [0.29, 0.717) is 35.6 Å². The van der Waals surface area contributed by atoms with Crippen molar-refractivity contribution in [2.75, 3.05) is 18.4 Å². The Hall–Kier alpha value is -2.27. The molecule has 1 aliphatic rings. The van der Waals surface area contributed by atoms with Crippen molar-refractivity contribution in [3.8, 4) is 0 Å². The van der Waals surface area contributed by atoms with E-state index in [1.54, 1.807) is 0 Å². The number of fused-ring (bicyclic) bond motifs is 1. The van der Waals surface area contributed by atoms with Crippen molar-refractivity contribution in [1.82, 2.24) is 9.62 Å². The minimum atomic E-state index is -3.66. The zero-order valence-electron chi connectivity index (χ0n) is 22.7. The highest BCUT2D eigenvalue weighted by Crippen LogP contribution is 2.45. The lowest BCUT2D eigenvalue weighted by atomic mass is 9.81. The Morgan fingerprint density at radius 1 is 1.05 bits per heavy atom. The van der Waals surface area contributed by atoms with E-state index in [4.69, 9.17) is 5.73 Å². The van der Waals surface area contributed by atoms with Crippen LogP contribution in [0.25, 0.3) is 0 Å². The second-order valence-electron chi connectivity index (χ2n) is 10.9. The van der Waals surface area contributed by atoms with Crippen LogP contribution in [0.1, 0.15) is 98.4 Å². The maximum atomic E-state index is 13.2. The lowest BCUT2D eigenvalue weighted by Crippen LogP contribution is -2.55. The molecule has 3 rings (SSSR count). The number of carbonyl (C=O) groups is 2. The van der Waals surface area contributed by atoms with Gasteiger partial charge in [-0.15, -0.1) is 11.3 Å². The molecular formula is C27H40N4O4S2. The van der Waals surface area contributed by atoms with Gasteiger partial charge in [0.25, 0.3) is 11.8 Å². The summed E-state index contributed by atoms with van der Waals surface area (Å²) in [5.74, 6) is -1.01. The van der Waals surface area contributed by atoms with Gasteiger partial charge in [-0.3, -0.25) is 9.59 Å². The third-order valence-electron chi connectivity index (χ3n) is 6.59. The van der Waals surface area contributed by atoms with E-state index >= 15 is 0 Å². The molecule has 0 aliphatic carbocycles. The minimum Gasteiger partial charge on any atom is -0.365 e. The minimum absolute atomic E-state index is 0.163. The highest BCUT2D eigenvalue weighted by atomic mass is 32.2. The number of sulfonamides is 1. The maximum absolute atomic E-state index is 13.2. The summed E-state index contributed by atoms with van der Waals surface area (Å²) in [6.45, 7) is 13.2. The topological polar surface area (TPSA) is 122 Å². The zero-order chi connectivity index (χ0) is 27.6. The maximum Gasteiger partial charge on any atom is 0.256 e. The molecule has 204 valence electrons. The second kappa shape index (κ2) is 11.2. The van der Waals surface area contributed by atoms with Crippen LogP contribution in [0.2, 0.25) is 0 Å². The van der Waals surface area contributed by atoms with Crippen molar-refractivity contribution in [3.05, 3.63) is 45.8 Å². The molecule has 2 amide bonds. The summed E-state index contributed by atoms with van der Waals surface area (Å²) >= 11 is 1.35. The second-order valence-corrected chi connectivity index (χ2v) is 13.8. The first-order chi connectivity index (χ1) is 17.2. The van der Waals surface area contributed by atoms with Crippen LogP contribution in [0.3, 0.4) is 0 Å². The largest absolute Gasteiger partial charge is 0.365 e. The number of anilines is 1. The van der Waals surface area contributed by atoms with Gasteiger partial charge in [0.2, 0.25) is 10.0 Å². The number of carbonyl (C=O) groups excluding carboxylic acids is 2. The zero-order valence-corrected chi connectivity index (χ0v) is 24.4. The summed E-state index contributed by atoms with van der Waals surface area (Å²) in [4.78, 5) is 26.7. The van der Waals surface area contributed by atoms with E-state index in [-0.39, 0.29) is 10.4 Å². The smallest absolute Gasteiger partial charge is 0.256 e. The summed E-state index contributed by atoms with van der Waals surface area (Å²) in [5, 5.41) is 6.86. The van der Waals surface area contributed by atoms with Crippen molar-refractivity contribution >= 4 is 38.2 Å². The number of benzene rings is 1. The third-order valence-corrected chi connectivity index (χ3v) is 9.98. The van der Waals surface area contributed by atoms with Crippen LogP contribution in [0.5, 0.6) is 0 Å². The summed E-state index contributed by atoms with van der Waals surface area (Å²) in [6.07, 6.45) is 4.00. The summed E-state index contributed by atoms with van der Waals surface area (Å²) < 4.78 is 28.0. The van der Waals surface area contributed by atoms with Crippen LogP contribution in [0.15, 0.2) is 29.2 Å². The molecule has 0 atom stereocenters. The summed E-state index contributed by atoms with van der Waals surface area (Å²) in [7, 11) is -3.66. The van der Waals surface area contributed by atoms with Crippen molar-refractivity contribution < 1.29 is 18.0 Å². The quantitative estimate of drug-likeness (QED) is 0.371. The number of nitrogens with two attached hydrogens (primary N) is 1. The molecule has 1 aliphatic heterocycles. The Morgan fingerprint density at radius 3 is 2.14 bits per heavy atom. The van der Waals surface area contributed by atoms with Gasteiger partial charge >= 0.3 is 0 Å². The van der Waals surface area contributed by atoms with Crippen LogP contribution in [0, 0.1) is 0 Å². The van der Waals surface area contributed by atoms with Crippen LogP contribution in [-0.4, -0.2) is 43.2 Å². The number of hydrogen-bond acceptors (Lipinski definition) is 6. The van der Waals surface area contributed by atoms with E-state index in [2.05, 4.69) is 24.5 Å². The standard InChI is InChI=1S/C27H40N4O4S2/c1-7-9-15-31(16-10-8-2)37(34,35)19-13-11-18(12-14-19)24(33)29-25-21(23(28)32)20-17-26(3,4)30-27(5,6)22(20)36-25/h11-14,30H,7-10,15-17H2,1-6H3,(H2,28,32)(H,29,33). The van der Waals surface area contributed by atoms with Gasteiger partial charge in [-0.2, -0.15) is 4.31 Å². The summed E-state index contributed by atoms with van der Waals surface area (Å²) in [5.41, 5.74) is 6.63. The molecule has 0 spiro atoms. The molecule has 8 nitrogen and oxygen atoms in total. The fraction of sp³-hybridized carbons (Fsp3) is 0.556. The number of primary amides is 1. The third kappa shape index (κ3) is 6.42. The Morgan fingerprint density at radius 2 is 1.62 bits per heavy atom.